The van der Waals surface area contributed by atoms with Gasteiger partial charge in [0.1, 0.15) is 11.5 Å². The van der Waals surface area contributed by atoms with Crippen molar-refractivity contribution in [2.75, 3.05) is 0 Å². The summed E-state index contributed by atoms with van der Waals surface area (Å²) in [7, 11) is 0. The van der Waals surface area contributed by atoms with Crippen LogP contribution >= 0.6 is 11.6 Å². The van der Waals surface area contributed by atoms with E-state index in [2.05, 4.69) is 10.3 Å². The lowest BCUT2D eigenvalue weighted by molar-refractivity contribution is -0.128. The number of carbonyl (C=O) groups excluding carboxylic acids is 2. The molecule has 5 nitrogen and oxygen atoms in total. The van der Waals surface area contributed by atoms with Crippen LogP contribution in [0, 0.1) is 6.92 Å². The van der Waals surface area contributed by atoms with Crippen molar-refractivity contribution in [2.24, 2.45) is 0 Å². The zero-order valence-corrected chi connectivity index (χ0v) is 16.3. The minimum absolute atomic E-state index is 0.0982. The van der Waals surface area contributed by atoms with Crippen LogP contribution in [-0.4, -0.2) is 22.7 Å². The summed E-state index contributed by atoms with van der Waals surface area (Å²) in [5.41, 5.74) is 1.37. The normalized spacial score (nSPS) is 15.3. The van der Waals surface area contributed by atoms with E-state index >= 15 is 0 Å². The predicted molar refractivity (Wildman–Crippen MR) is 105 cm³/mol. The van der Waals surface area contributed by atoms with E-state index in [0.717, 1.165) is 31.2 Å². The fourth-order valence-electron chi connectivity index (χ4n) is 3.44. The van der Waals surface area contributed by atoms with Crippen LogP contribution in [0.1, 0.15) is 56.4 Å². The molecule has 1 amide bonds. The fourth-order valence-corrected chi connectivity index (χ4v) is 3.56. The number of nitrogens with one attached hydrogen (secondary N) is 1. The fraction of sp³-hybridized carbons (Fsp3) is 0.476. The van der Waals surface area contributed by atoms with Gasteiger partial charge in [0.05, 0.1) is 18.5 Å². The molecule has 2 aromatic rings. The number of hydrogen-bond donors (Lipinski definition) is 1. The molecule has 0 unspecified atom stereocenters. The van der Waals surface area contributed by atoms with Crippen LogP contribution in [0.15, 0.2) is 28.7 Å². The summed E-state index contributed by atoms with van der Waals surface area (Å²) in [5, 5.41) is 3.65. The number of rotatable bonds is 6. The lowest BCUT2D eigenvalue weighted by atomic mass is 10.1. The summed E-state index contributed by atoms with van der Waals surface area (Å²) in [6.07, 6.45) is 6.74. The molecule has 1 N–H and O–H groups in total. The highest BCUT2D eigenvalue weighted by molar-refractivity contribution is 6.30. The summed E-state index contributed by atoms with van der Waals surface area (Å²) < 4.78 is 5.67. The standard InChI is InChI=1S/C21H25ClN2O3/c1-14-19(24-21(27-14)15-8-10-16(22)11-9-15)12-18(25)13-20(26)23-17-6-4-2-3-5-7-17/h8-11,17H,2-7,12-13H2,1H3,(H,23,26). The molecule has 27 heavy (non-hydrogen) atoms. The Morgan fingerprint density at radius 2 is 1.81 bits per heavy atom. The molecular weight excluding hydrogens is 364 g/mol. The molecule has 0 saturated heterocycles. The lowest BCUT2D eigenvalue weighted by Crippen LogP contribution is -2.35. The van der Waals surface area contributed by atoms with Crippen LogP contribution in [0.2, 0.25) is 5.02 Å². The molecule has 0 bridgehead atoms. The number of ketones is 1. The molecule has 0 radical (unpaired) electrons. The Labute approximate surface area is 164 Å². The van der Waals surface area contributed by atoms with Gasteiger partial charge in [-0.15, -0.1) is 0 Å². The zero-order chi connectivity index (χ0) is 19.2. The minimum atomic E-state index is -0.189. The second-order valence-electron chi connectivity index (χ2n) is 7.18. The van der Waals surface area contributed by atoms with Crippen molar-refractivity contribution in [3.8, 4) is 11.5 Å². The molecule has 1 saturated carbocycles. The van der Waals surface area contributed by atoms with Crippen molar-refractivity contribution in [1.82, 2.24) is 10.3 Å². The molecule has 6 heteroatoms. The number of aromatic nitrogens is 1. The lowest BCUT2D eigenvalue weighted by Gasteiger charge is -2.15. The molecule has 1 aromatic carbocycles. The van der Waals surface area contributed by atoms with Gasteiger partial charge in [-0.25, -0.2) is 4.98 Å². The van der Waals surface area contributed by atoms with Crippen molar-refractivity contribution >= 4 is 23.3 Å². The van der Waals surface area contributed by atoms with Gasteiger partial charge in [0, 0.05) is 16.6 Å². The van der Waals surface area contributed by atoms with Crippen molar-refractivity contribution in [3.63, 3.8) is 0 Å². The molecule has 1 fully saturated rings. The van der Waals surface area contributed by atoms with Crippen LogP contribution in [0.4, 0.5) is 0 Å². The third kappa shape index (κ3) is 5.67. The van der Waals surface area contributed by atoms with Gasteiger partial charge >= 0.3 is 0 Å². The molecule has 3 rings (SSSR count). The van der Waals surface area contributed by atoms with E-state index in [0.29, 0.717) is 22.4 Å². The van der Waals surface area contributed by atoms with Gasteiger partial charge in [0.2, 0.25) is 11.8 Å². The van der Waals surface area contributed by atoms with Crippen LogP contribution < -0.4 is 5.32 Å². The van der Waals surface area contributed by atoms with Crippen LogP contribution in [-0.2, 0) is 16.0 Å². The number of amides is 1. The first-order chi connectivity index (χ1) is 13.0. The van der Waals surface area contributed by atoms with Gasteiger partial charge in [-0.3, -0.25) is 9.59 Å². The van der Waals surface area contributed by atoms with Crippen molar-refractivity contribution in [3.05, 3.63) is 40.7 Å². The first kappa shape index (κ1) is 19.6. The topological polar surface area (TPSA) is 72.2 Å². The summed E-state index contributed by atoms with van der Waals surface area (Å²) in [6.45, 7) is 1.78. The summed E-state index contributed by atoms with van der Waals surface area (Å²) in [5.74, 6) is 0.707. The Balaban J connectivity index is 1.55. The van der Waals surface area contributed by atoms with E-state index in [1.165, 1.54) is 12.8 Å². The molecular formula is C21H25ClN2O3. The van der Waals surface area contributed by atoms with Gasteiger partial charge in [0.15, 0.2) is 0 Å². The molecule has 1 aromatic heterocycles. The largest absolute Gasteiger partial charge is 0.441 e. The van der Waals surface area contributed by atoms with Crippen LogP contribution in [0.3, 0.4) is 0 Å². The molecule has 1 aliphatic carbocycles. The predicted octanol–water partition coefficient (Wildman–Crippen LogP) is 4.64. The van der Waals surface area contributed by atoms with E-state index in [1.807, 2.05) is 12.1 Å². The van der Waals surface area contributed by atoms with Gasteiger partial charge in [-0.2, -0.15) is 0 Å². The highest BCUT2D eigenvalue weighted by Gasteiger charge is 2.19. The Morgan fingerprint density at radius 1 is 1.15 bits per heavy atom. The molecule has 1 aliphatic rings. The molecule has 144 valence electrons. The maximum Gasteiger partial charge on any atom is 0.227 e. The van der Waals surface area contributed by atoms with Gasteiger partial charge in [0.25, 0.3) is 0 Å². The average Bonchev–Trinajstić information content (AvgIpc) is 2.82. The molecule has 0 atom stereocenters. The van der Waals surface area contributed by atoms with Gasteiger partial charge in [-0.05, 0) is 44.0 Å². The summed E-state index contributed by atoms with van der Waals surface area (Å²) >= 11 is 5.90. The highest BCUT2D eigenvalue weighted by atomic mass is 35.5. The number of Topliss-reactive ketones (excluding diaryl/α,β-unsaturated/α-hetero) is 1. The second-order valence-corrected chi connectivity index (χ2v) is 7.61. The van der Waals surface area contributed by atoms with Gasteiger partial charge in [-0.1, -0.05) is 37.3 Å². The van der Waals surface area contributed by atoms with E-state index in [-0.39, 0.29) is 30.6 Å². The number of nitrogens with zero attached hydrogens (tertiary/aromatic N) is 1. The SMILES string of the molecule is Cc1oc(-c2ccc(Cl)cc2)nc1CC(=O)CC(=O)NC1CCCCCC1. The van der Waals surface area contributed by atoms with Crippen molar-refractivity contribution in [1.29, 1.82) is 0 Å². The number of hydrogen-bond acceptors (Lipinski definition) is 4. The minimum Gasteiger partial charge on any atom is -0.441 e. The summed E-state index contributed by atoms with van der Waals surface area (Å²) in [6, 6.07) is 7.37. The molecule has 0 spiro atoms. The number of halogens is 1. The van der Waals surface area contributed by atoms with Gasteiger partial charge < -0.3 is 9.73 Å². The zero-order valence-electron chi connectivity index (χ0n) is 15.6. The highest BCUT2D eigenvalue weighted by Crippen LogP contribution is 2.24. The van der Waals surface area contributed by atoms with E-state index < -0.39 is 0 Å². The molecule has 0 aliphatic heterocycles. The monoisotopic (exact) mass is 388 g/mol. The average molecular weight is 389 g/mol. The first-order valence-electron chi connectivity index (χ1n) is 9.54. The number of carbonyl (C=O) groups is 2. The second kappa shape index (κ2) is 9.18. The Kier molecular flexibility index (Phi) is 6.67. The Morgan fingerprint density at radius 3 is 2.48 bits per heavy atom. The van der Waals surface area contributed by atoms with Crippen molar-refractivity contribution < 1.29 is 14.0 Å². The third-order valence-electron chi connectivity index (χ3n) is 4.93. The maximum atomic E-state index is 12.3. The smallest absolute Gasteiger partial charge is 0.227 e. The van der Waals surface area contributed by atoms with E-state index in [1.54, 1.807) is 19.1 Å². The third-order valence-corrected chi connectivity index (χ3v) is 5.18. The van der Waals surface area contributed by atoms with Crippen molar-refractivity contribution in [2.45, 2.75) is 64.3 Å². The summed E-state index contributed by atoms with van der Waals surface area (Å²) in [4.78, 5) is 28.9. The Bertz CT molecular complexity index is 790. The number of aryl methyl sites for hydroxylation is 1. The van der Waals surface area contributed by atoms with E-state index in [4.69, 9.17) is 16.0 Å². The van der Waals surface area contributed by atoms with Crippen LogP contribution in [0.5, 0.6) is 0 Å². The number of oxazole rings is 1. The Hall–Kier alpha value is -2.14. The maximum absolute atomic E-state index is 12.3. The van der Waals surface area contributed by atoms with E-state index in [9.17, 15) is 9.59 Å². The molecule has 1 heterocycles. The van der Waals surface area contributed by atoms with Crippen LogP contribution in [0.25, 0.3) is 11.5 Å². The quantitative estimate of drug-likeness (QED) is 0.577. The number of benzene rings is 1. The first-order valence-corrected chi connectivity index (χ1v) is 9.92.